The summed E-state index contributed by atoms with van der Waals surface area (Å²) in [7, 11) is 0. The van der Waals surface area contributed by atoms with E-state index in [1.165, 1.54) is 81.0 Å². The van der Waals surface area contributed by atoms with E-state index in [9.17, 15) is 0 Å². The summed E-state index contributed by atoms with van der Waals surface area (Å²) in [6.45, 7) is 2.16. The summed E-state index contributed by atoms with van der Waals surface area (Å²) < 4.78 is 1.41. The summed E-state index contributed by atoms with van der Waals surface area (Å²) >= 11 is 1.94. The van der Waals surface area contributed by atoms with Crippen molar-refractivity contribution in [1.29, 1.82) is 0 Å². The SMILES string of the molecule is Cc1ccc2c(ccc3cc(-c4cccc(-c5cccc(-c6cccc7c8c(sc67)C=CCC8)c5)c4)ccc32)c1. The molecule has 1 heterocycles. The molecule has 1 heteroatoms. The molecule has 0 saturated heterocycles. The molecule has 0 bridgehead atoms. The van der Waals surface area contributed by atoms with Crippen LogP contribution in [0.4, 0.5) is 0 Å². The van der Waals surface area contributed by atoms with Crippen molar-refractivity contribution < 1.29 is 0 Å². The summed E-state index contributed by atoms with van der Waals surface area (Å²) in [6, 6.07) is 42.9. The van der Waals surface area contributed by atoms with Gasteiger partial charge in [0.2, 0.25) is 0 Å². The summed E-state index contributed by atoms with van der Waals surface area (Å²) in [5.41, 5.74) is 10.4. The number of aryl methyl sites for hydroxylation is 2. The molecule has 190 valence electrons. The maximum atomic E-state index is 2.36. The van der Waals surface area contributed by atoms with E-state index < -0.39 is 0 Å². The van der Waals surface area contributed by atoms with Crippen molar-refractivity contribution in [2.75, 3.05) is 0 Å². The van der Waals surface area contributed by atoms with E-state index in [0.717, 1.165) is 12.8 Å². The van der Waals surface area contributed by atoms with Crippen molar-refractivity contribution >= 4 is 49.0 Å². The third-order valence-corrected chi connectivity index (χ3v) is 9.62. The highest BCUT2D eigenvalue weighted by Gasteiger charge is 2.16. The molecule has 1 aromatic heterocycles. The Morgan fingerprint density at radius 3 is 2.00 bits per heavy atom. The van der Waals surface area contributed by atoms with E-state index in [1.807, 2.05) is 11.3 Å². The largest absolute Gasteiger partial charge is 0.135 e. The van der Waals surface area contributed by atoms with Crippen LogP contribution in [0.25, 0.3) is 71.1 Å². The van der Waals surface area contributed by atoms with Crippen LogP contribution in [-0.4, -0.2) is 0 Å². The van der Waals surface area contributed by atoms with Crippen LogP contribution < -0.4 is 0 Å². The second kappa shape index (κ2) is 9.33. The van der Waals surface area contributed by atoms with Crippen molar-refractivity contribution in [2.45, 2.75) is 19.8 Å². The summed E-state index contributed by atoms with van der Waals surface area (Å²) in [5, 5.41) is 6.64. The Kier molecular flexibility index (Phi) is 5.46. The van der Waals surface area contributed by atoms with E-state index in [-0.39, 0.29) is 0 Å². The summed E-state index contributed by atoms with van der Waals surface area (Å²) in [4.78, 5) is 1.43. The highest BCUT2D eigenvalue weighted by Crippen LogP contribution is 2.41. The molecule has 0 unspecified atom stereocenters. The number of fused-ring (bicyclic) bond motifs is 6. The standard InChI is InChI=1S/C39H28S/c1-25-15-19-33-31(21-25)16-17-32-24-29(18-20-34(32)33)27-8-4-7-26(22-27)28-9-5-10-30(23-28)35-12-6-13-37-36-11-2-3-14-38(36)40-39(35)37/h3-10,12-24H,2,11H2,1H3. The average Bonchev–Trinajstić information content (AvgIpc) is 3.40. The zero-order valence-corrected chi connectivity index (χ0v) is 23.3. The van der Waals surface area contributed by atoms with Gasteiger partial charge in [-0.1, -0.05) is 109 Å². The number of hydrogen-bond acceptors (Lipinski definition) is 1. The molecule has 0 amide bonds. The van der Waals surface area contributed by atoms with E-state index in [2.05, 4.69) is 134 Å². The first-order valence-corrected chi connectivity index (χ1v) is 14.9. The first-order valence-electron chi connectivity index (χ1n) is 14.1. The van der Waals surface area contributed by atoms with Crippen molar-refractivity contribution in [3.05, 3.63) is 137 Å². The van der Waals surface area contributed by atoms with Gasteiger partial charge in [0.25, 0.3) is 0 Å². The Morgan fingerprint density at radius 1 is 0.550 bits per heavy atom. The van der Waals surface area contributed by atoms with Crippen molar-refractivity contribution in [1.82, 2.24) is 0 Å². The Hall–Kier alpha value is -4.46. The van der Waals surface area contributed by atoms with Gasteiger partial charge in [-0.3, -0.25) is 0 Å². The molecule has 8 rings (SSSR count). The molecule has 1 aliphatic carbocycles. The molecule has 1 aliphatic rings. The predicted molar refractivity (Wildman–Crippen MR) is 175 cm³/mol. The Morgan fingerprint density at radius 2 is 1.20 bits per heavy atom. The molecule has 0 aliphatic heterocycles. The van der Waals surface area contributed by atoms with Gasteiger partial charge in [-0.2, -0.15) is 0 Å². The fourth-order valence-corrected chi connectivity index (χ4v) is 7.66. The third-order valence-electron chi connectivity index (χ3n) is 8.37. The molecule has 6 aromatic carbocycles. The van der Waals surface area contributed by atoms with Gasteiger partial charge in [-0.15, -0.1) is 11.3 Å². The second-order valence-corrected chi connectivity index (χ2v) is 12.0. The lowest BCUT2D eigenvalue weighted by Crippen LogP contribution is -1.88. The Balaban J connectivity index is 1.19. The van der Waals surface area contributed by atoms with Crippen LogP contribution in [0.3, 0.4) is 0 Å². The molecule has 40 heavy (non-hydrogen) atoms. The van der Waals surface area contributed by atoms with E-state index in [1.54, 1.807) is 0 Å². The van der Waals surface area contributed by atoms with Gasteiger partial charge >= 0.3 is 0 Å². The first kappa shape index (κ1) is 23.4. The second-order valence-electron chi connectivity index (χ2n) is 11.0. The third kappa shape index (κ3) is 3.89. The maximum Gasteiger partial charge on any atom is 0.0430 e. The summed E-state index contributed by atoms with van der Waals surface area (Å²) in [6.07, 6.45) is 6.91. The minimum atomic E-state index is 1.14. The van der Waals surface area contributed by atoms with Crippen LogP contribution in [0, 0.1) is 6.92 Å². The van der Waals surface area contributed by atoms with Gasteiger partial charge in [-0.05, 0) is 110 Å². The van der Waals surface area contributed by atoms with Gasteiger partial charge in [0.15, 0.2) is 0 Å². The number of allylic oxidation sites excluding steroid dienone is 1. The summed E-state index contributed by atoms with van der Waals surface area (Å²) in [5.74, 6) is 0. The molecule has 0 atom stereocenters. The Bertz CT molecular complexity index is 2120. The van der Waals surface area contributed by atoms with Crippen molar-refractivity contribution in [2.24, 2.45) is 0 Å². The fraction of sp³-hybridized carbons (Fsp3) is 0.0769. The van der Waals surface area contributed by atoms with Crippen LogP contribution in [0.2, 0.25) is 0 Å². The molecule has 0 spiro atoms. The fourth-order valence-electron chi connectivity index (χ4n) is 6.34. The normalized spacial score (nSPS) is 12.8. The zero-order chi connectivity index (χ0) is 26.6. The maximum absolute atomic E-state index is 2.36. The van der Waals surface area contributed by atoms with E-state index in [4.69, 9.17) is 0 Å². The minimum Gasteiger partial charge on any atom is -0.135 e. The topological polar surface area (TPSA) is 0 Å². The van der Waals surface area contributed by atoms with Gasteiger partial charge in [0.1, 0.15) is 0 Å². The molecule has 0 saturated carbocycles. The first-order chi connectivity index (χ1) is 19.7. The van der Waals surface area contributed by atoms with Gasteiger partial charge in [0.05, 0.1) is 0 Å². The molecule has 0 nitrogen and oxygen atoms in total. The van der Waals surface area contributed by atoms with Crippen LogP contribution in [0.1, 0.15) is 22.4 Å². The lowest BCUT2D eigenvalue weighted by Gasteiger charge is -2.11. The van der Waals surface area contributed by atoms with E-state index in [0.29, 0.717) is 0 Å². The number of thiophene rings is 1. The lowest BCUT2D eigenvalue weighted by molar-refractivity contribution is 1.01. The van der Waals surface area contributed by atoms with E-state index >= 15 is 0 Å². The number of benzene rings is 6. The minimum absolute atomic E-state index is 1.14. The van der Waals surface area contributed by atoms with Crippen LogP contribution in [-0.2, 0) is 6.42 Å². The molecule has 0 radical (unpaired) electrons. The molecular formula is C39H28S. The van der Waals surface area contributed by atoms with Crippen LogP contribution in [0.15, 0.2) is 121 Å². The quantitative estimate of drug-likeness (QED) is 0.200. The lowest BCUT2D eigenvalue weighted by atomic mass is 9.93. The van der Waals surface area contributed by atoms with Gasteiger partial charge in [0, 0.05) is 9.58 Å². The monoisotopic (exact) mass is 528 g/mol. The zero-order valence-electron chi connectivity index (χ0n) is 22.4. The van der Waals surface area contributed by atoms with Crippen molar-refractivity contribution in [3.8, 4) is 33.4 Å². The highest BCUT2D eigenvalue weighted by atomic mass is 32.1. The number of hydrogen-bond donors (Lipinski definition) is 0. The molecule has 0 fully saturated rings. The Labute approximate surface area is 238 Å². The molecule has 0 N–H and O–H groups in total. The van der Waals surface area contributed by atoms with Gasteiger partial charge in [-0.25, -0.2) is 0 Å². The van der Waals surface area contributed by atoms with Gasteiger partial charge < -0.3 is 0 Å². The predicted octanol–water partition coefficient (Wildman–Crippen LogP) is 11.5. The number of rotatable bonds is 3. The smallest absolute Gasteiger partial charge is 0.0430 e. The van der Waals surface area contributed by atoms with Crippen LogP contribution in [0.5, 0.6) is 0 Å². The molecular weight excluding hydrogens is 500 g/mol. The average molecular weight is 529 g/mol. The van der Waals surface area contributed by atoms with Crippen LogP contribution >= 0.6 is 11.3 Å². The van der Waals surface area contributed by atoms with Crippen molar-refractivity contribution in [3.63, 3.8) is 0 Å². The highest BCUT2D eigenvalue weighted by molar-refractivity contribution is 7.20. The molecule has 7 aromatic rings.